The standard InChI is InChI=1S/C13H23NO4.C11H21NO4/c1-13(2,3)18-12(17)14(9-11(15)16)10-7-5-4-6-8-10;1-6-7(2)8(9(13)14)12-10(15)16-11(3,4)5/h10H,4-9H2,1-3H3,(H,15,16);7-8H,6H2,1-5H3,(H,12,15)(H,13,14)/t;7-,8+/m.1/s1. The number of carbonyl (C=O) groups excluding carboxylic acids is 2. The van der Waals surface area contributed by atoms with E-state index in [2.05, 4.69) is 5.32 Å². The fourth-order valence-electron chi connectivity index (χ4n) is 3.32. The lowest BCUT2D eigenvalue weighted by Crippen LogP contribution is -2.46. The molecule has 1 aliphatic rings. The summed E-state index contributed by atoms with van der Waals surface area (Å²) in [5, 5.41) is 20.2. The zero-order chi connectivity index (χ0) is 26.7. The third kappa shape index (κ3) is 13.9. The molecule has 0 spiro atoms. The molecule has 0 bridgehead atoms. The molecule has 0 aromatic heterocycles. The van der Waals surface area contributed by atoms with Gasteiger partial charge in [-0.25, -0.2) is 14.4 Å². The molecule has 3 N–H and O–H groups in total. The molecule has 0 aromatic carbocycles. The van der Waals surface area contributed by atoms with Gasteiger partial charge in [0.1, 0.15) is 23.8 Å². The lowest BCUT2D eigenvalue weighted by Gasteiger charge is -2.34. The normalized spacial score (nSPS) is 16.2. The maximum absolute atomic E-state index is 12.0. The van der Waals surface area contributed by atoms with Crippen molar-refractivity contribution in [2.24, 2.45) is 5.92 Å². The number of amides is 2. The van der Waals surface area contributed by atoms with E-state index in [0.717, 1.165) is 32.1 Å². The van der Waals surface area contributed by atoms with E-state index in [4.69, 9.17) is 19.7 Å². The third-order valence-electron chi connectivity index (χ3n) is 5.10. The Bertz CT molecular complexity index is 675. The molecule has 34 heavy (non-hydrogen) atoms. The molecule has 2 amide bonds. The van der Waals surface area contributed by atoms with Gasteiger partial charge in [0.05, 0.1) is 0 Å². The van der Waals surface area contributed by atoms with E-state index in [9.17, 15) is 19.2 Å². The zero-order valence-electron chi connectivity index (χ0n) is 22.0. The number of carboxylic acid groups (broad SMARTS) is 2. The molecule has 10 nitrogen and oxygen atoms in total. The molecule has 0 aromatic rings. The number of alkyl carbamates (subject to hydrolysis) is 1. The SMILES string of the molecule is CC(C)(C)OC(=O)N(CC(=O)O)C1CCCCC1.CC[C@@H](C)[C@H](NC(=O)OC(C)(C)C)C(=O)O. The Kier molecular flexibility index (Phi) is 13.0. The topological polar surface area (TPSA) is 142 Å². The molecule has 0 heterocycles. The number of hydrogen-bond acceptors (Lipinski definition) is 6. The van der Waals surface area contributed by atoms with Crippen molar-refractivity contribution in [2.75, 3.05) is 6.54 Å². The monoisotopic (exact) mass is 488 g/mol. The highest BCUT2D eigenvalue weighted by atomic mass is 16.6. The predicted molar refractivity (Wildman–Crippen MR) is 128 cm³/mol. The van der Waals surface area contributed by atoms with Gasteiger partial charge in [-0.2, -0.15) is 0 Å². The Morgan fingerprint density at radius 3 is 1.82 bits per heavy atom. The van der Waals surface area contributed by atoms with E-state index < -0.39 is 41.4 Å². The van der Waals surface area contributed by atoms with Gasteiger partial charge in [-0.1, -0.05) is 39.5 Å². The summed E-state index contributed by atoms with van der Waals surface area (Å²) < 4.78 is 10.3. The average molecular weight is 489 g/mol. The van der Waals surface area contributed by atoms with E-state index in [-0.39, 0.29) is 18.5 Å². The van der Waals surface area contributed by atoms with Gasteiger partial charge in [-0.15, -0.1) is 0 Å². The molecule has 10 heteroatoms. The van der Waals surface area contributed by atoms with Crippen molar-refractivity contribution >= 4 is 24.1 Å². The molecular formula is C24H44N2O8. The van der Waals surface area contributed by atoms with E-state index in [1.165, 1.54) is 4.90 Å². The summed E-state index contributed by atoms with van der Waals surface area (Å²) in [6.07, 6.45) is 4.45. The molecule has 0 unspecified atom stereocenters. The van der Waals surface area contributed by atoms with Crippen molar-refractivity contribution < 1.29 is 38.9 Å². The molecular weight excluding hydrogens is 444 g/mol. The summed E-state index contributed by atoms with van der Waals surface area (Å²) in [6, 6.07) is -0.899. The molecule has 198 valence electrons. The van der Waals surface area contributed by atoms with E-state index in [1.54, 1.807) is 48.5 Å². The van der Waals surface area contributed by atoms with Crippen LogP contribution in [0.5, 0.6) is 0 Å². The Morgan fingerprint density at radius 2 is 1.44 bits per heavy atom. The van der Waals surface area contributed by atoms with Gasteiger partial charge in [-0.3, -0.25) is 9.69 Å². The van der Waals surface area contributed by atoms with Crippen LogP contribution in [0.4, 0.5) is 9.59 Å². The first-order valence-electron chi connectivity index (χ1n) is 11.9. The van der Waals surface area contributed by atoms with Crippen LogP contribution >= 0.6 is 0 Å². The highest BCUT2D eigenvalue weighted by Crippen LogP contribution is 2.24. The van der Waals surface area contributed by atoms with Crippen LogP contribution in [-0.2, 0) is 19.1 Å². The minimum Gasteiger partial charge on any atom is -0.480 e. The van der Waals surface area contributed by atoms with Crippen LogP contribution in [0.15, 0.2) is 0 Å². The maximum Gasteiger partial charge on any atom is 0.411 e. The summed E-state index contributed by atoms with van der Waals surface area (Å²) >= 11 is 0. The lowest BCUT2D eigenvalue weighted by molar-refractivity contribution is -0.141. The quantitative estimate of drug-likeness (QED) is 0.470. The molecule has 0 saturated heterocycles. The van der Waals surface area contributed by atoms with E-state index >= 15 is 0 Å². The number of aliphatic carboxylic acids is 2. The van der Waals surface area contributed by atoms with Crippen LogP contribution in [0.1, 0.15) is 93.9 Å². The van der Waals surface area contributed by atoms with Crippen LogP contribution in [0.25, 0.3) is 0 Å². The molecule has 1 saturated carbocycles. The summed E-state index contributed by atoms with van der Waals surface area (Å²) in [4.78, 5) is 46.6. The fraction of sp³-hybridized carbons (Fsp3) is 0.833. The van der Waals surface area contributed by atoms with Gasteiger partial charge in [0.2, 0.25) is 0 Å². The average Bonchev–Trinajstić information content (AvgIpc) is 2.67. The summed E-state index contributed by atoms with van der Waals surface area (Å²) in [5.41, 5.74) is -1.22. The van der Waals surface area contributed by atoms with Gasteiger partial charge in [0.15, 0.2) is 0 Å². The summed E-state index contributed by atoms with van der Waals surface area (Å²) in [6.45, 7) is 13.9. The summed E-state index contributed by atoms with van der Waals surface area (Å²) in [7, 11) is 0. The Labute approximate surface area is 203 Å². The number of carboxylic acids is 2. The van der Waals surface area contributed by atoms with Crippen molar-refractivity contribution in [3.63, 3.8) is 0 Å². The zero-order valence-corrected chi connectivity index (χ0v) is 22.0. The lowest BCUT2D eigenvalue weighted by atomic mass is 9.94. The second-order valence-corrected chi connectivity index (χ2v) is 10.6. The van der Waals surface area contributed by atoms with Crippen molar-refractivity contribution in [1.29, 1.82) is 0 Å². The van der Waals surface area contributed by atoms with Crippen LogP contribution in [0.3, 0.4) is 0 Å². The summed E-state index contributed by atoms with van der Waals surface area (Å²) in [5.74, 6) is -2.17. The Balaban J connectivity index is 0.000000646. The van der Waals surface area contributed by atoms with Gasteiger partial charge in [0.25, 0.3) is 0 Å². The van der Waals surface area contributed by atoms with Crippen LogP contribution in [0.2, 0.25) is 0 Å². The predicted octanol–water partition coefficient (Wildman–Crippen LogP) is 4.65. The third-order valence-corrected chi connectivity index (χ3v) is 5.10. The van der Waals surface area contributed by atoms with Gasteiger partial charge in [-0.05, 0) is 60.3 Å². The molecule has 0 radical (unpaired) electrons. The van der Waals surface area contributed by atoms with Crippen LogP contribution < -0.4 is 5.32 Å². The number of nitrogens with zero attached hydrogens (tertiary/aromatic N) is 1. The molecule has 1 aliphatic carbocycles. The smallest absolute Gasteiger partial charge is 0.411 e. The number of hydrogen-bond donors (Lipinski definition) is 3. The van der Waals surface area contributed by atoms with Crippen LogP contribution in [-0.4, -0.2) is 69.1 Å². The second-order valence-electron chi connectivity index (χ2n) is 10.6. The molecule has 2 atom stereocenters. The van der Waals surface area contributed by atoms with Crippen molar-refractivity contribution in [3.8, 4) is 0 Å². The molecule has 1 fully saturated rings. The number of rotatable bonds is 7. The van der Waals surface area contributed by atoms with Gasteiger partial charge < -0.3 is 25.0 Å². The van der Waals surface area contributed by atoms with Gasteiger partial charge in [0, 0.05) is 6.04 Å². The van der Waals surface area contributed by atoms with E-state index in [1.807, 2.05) is 6.92 Å². The number of ether oxygens (including phenoxy) is 2. The Morgan fingerprint density at radius 1 is 0.941 bits per heavy atom. The number of nitrogens with one attached hydrogen (secondary N) is 1. The van der Waals surface area contributed by atoms with Crippen molar-refractivity contribution in [1.82, 2.24) is 10.2 Å². The largest absolute Gasteiger partial charge is 0.480 e. The van der Waals surface area contributed by atoms with Crippen molar-refractivity contribution in [2.45, 2.75) is 117 Å². The minimum absolute atomic E-state index is 0.00435. The highest BCUT2D eigenvalue weighted by Gasteiger charge is 2.31. The van der Waals surface area contributed by atoms with Crippen molar-refractivity contribution in [3.05, 3.63) is 0 Å². The first-order valence-corrected chi connectivity index (χ1v) is 11.9. The first kappa shape index (κ1) is 31.5. The maximum atomic E-state index is 12.0. The van der Waals surface area contributed by atoms with Gasteiger partial charge >= 0.3 is 24.1 Å². The Hall–Kier alpha value is -2.52. The number of carbonyl (C=O) groups is 4. The minimum atomic E-state index is -1.04. The highest BCUT2D eigenvalue weighted by molar-refractivity contribution is 5.80. The fourth-order valence-corrected chi connectivity index (χ4v) is 3.32. The molecule has 1 rings (SSSR count). The first-order chi connectivity index (χ1) is 15.5. The second kappa shape index (κ2) is 14.0. The van der Waals surface area contributed by atoms with Crippen LogP contribution in [0, 0.1) is 5.92 Å². The molecule has 0 aliphatic heterocycles. The van der Waals surface area contributed by atoms with E-state index in [0.29, 0.717) is 6.42 Å².